The van der Waals surface area contributed by atoms with E-state index < -0.39 is 10.0 Å². The van der Waals surface area contributed by atoms with Gasteiger partial charge in [-0.05, 0) is 6.07 Å². The summed E-state index contributed by atoms with van der Waals surface area (Å²) in [6.07, 6.45) is 4.28. The van der Waals surface area contributed by atoms with Crippen molar-refractivity contribution in [2.24, 2.45) is 0 Å². The van der Waals surface area contributed by atoms with E-state index in [1.165, 1.54) is 0 Å². The molecule has 0 saturated carbocycles. The summed E-state index contributed by atoms with van der Waals surface area (Å²) in [4.78, 5) is 3.89. The SMILES string of the molecule is CS(=O)(=O)NCCNc1cncc(N)c1. The lowest BCUT2D eigenvalue weighted by atomic mass is 10.4. The van der Waals surface area contributed by atoms with Gasteiger partial charge in [-0.3, -0.25) is 4.98 Å². The fraction of sp³-hybridized carbons (Fsp3) is 0.375. The van der Waals surface area contributed by atoms with Gasteiger partial charge in [0, 0.05) is 19.3 Å². The summed E-state index contributed by atoms with van der Waals surface area (Å²) >= 11 is 0. The number of hydrogen-bond acceptors (Lipinski definition) is 5. The van der Waals surface area contributed by atoms with Crippen LogP contribution in [0.5, 0.6) is 0 Å². The first kappa shape index (κ1) is 11.7. The van der Waals surface area contributed by atoms with E-state index >= 15 is 0 Å². The topological polar surface area (TPSA) is 97.1 Å². The Labute approximate surface area is 88.9 Å². The highest BCUT2D eigenvalue weighted by atomic mass is 32.2. The Morgan fingerprint density at radius 1 is 1.40 bits per heavy atom. The third-order valence-electron chi connectivity index (χ3n) is 1.58. The molecule has 0 aliphatic carbocycles. The lowest BCUT2D eigenvalue weighted by Gasteiger charge is -2.06. The van der Waals surface area contributed by atoms with Crippen LogP contribution >= 0.6 is 0 Å². The van der Waals surface area contributed by atoms with Gasteiger partial charge in [0.15, 0.2) is 0 Å². The number of sulfonamides is 1. The molecule has 6 nitrogen and oxygen atoms in total. The molecular weight excluding hydrogens is 216 g/mol. The van der Waals surface area contributed by atoms with Crippen LogP contribution in [0.25, 0.3) is 0 Å². The van der Waals surface area contributed by atoms with E-state index in [-0.39, 0.29) is 0 Å². The predicted octanol–water partition coefficient (Wildman–Crippen LogP) is -0.375. The zero-order valence-electron chi connectivity index (χ0n) is 8.40. The summed E-state index contributed by atoms with van der Waals surface area (Å²) in [6.45, 7) is 0.811. The average Bonchev–Trinajstić information content (AvgIpc) is 2.11. The van der Waals surface area contributed by atoms with E-state index in [2.05, 4.69) is 15.0 Å². The van der Waals surface area contributed by atoms with Crippen molar-refractivity contribution >= 4 is 21.4 Å². The third kappa shape index (κ3) is 5.18. The summed E-state index contributed by atoms with van der Waals surface area (Å²) in [5.74, 6) is 0. The molecule has 0 amide bonds. The quantitative estimate of drug-likeness (QED) is 0.599. The second-order valence-corrected chi connectivity index (χ2v) is 4.93. The van der Waals surface area contributed by atoms with Gasteiger partial charge in [0.2, 0.25) is 10.0 Å². The molecular formula is C8H14N4O2S. The van der Waals surface area contributed by atoms with Crippen LogP contribution in [0.2, 0.25) is 0 Å². The molecule has 0 aromatic carbocycles. The molecule has 1 rings (SSSR count). The number of nitrogens with two attached hydrogens (primary N) is 1. The zero-order valence-corrected chi connectivity index (χ0v) is 9.21. The number of nitrogen functional groups attached to an aromatic ring is 1. The van der Waals surface area contributed by atoms with Crippen molar-refractivity contribution in [3.63, 3.8) is 0 Å². The maximum atomic E-state index is 10.7. The average molecular weight is 230 g/mol. The molecule has 1 aromatic rings. The van der Waals surface area contributed by atoms with Gasteiger partial charge in [0.05, 0.1) is 23.8 Å². The molecule has 0 radical (unpaired) electrons. The molecule has 1 heterocycles. The van der Waals surface area contributed by atoms with Gasteiger partial charge >= 0.3 is 0 Å². The van der Waals surface area contributed by atoms with Crippen LogP contribution in [0.4, 0.5) is 11.4 Å². The van der Waals surface area contributed by atoms with Crippen LogP contribution in [0.15, 0.2) is 18.5 Å². The van der Waals surface area contributed by atoms with Crippen molar-refractivity contribution in [2.45, 2.75) is 0 Å². The minimum absolute atomic E-state index is 0.327. The normalized spacial score (nSPS) is 11.3. The summed E-state index contributed by atoms with van der Waals surface area (Å²) in [6, 6.07) is 1.73. The smallest absolute Gasteiger partial charge is 0.208 e. The van der Waals surface area contributed by atoms with Crippen molar-refractivity contribution in [3.05, 3.63) is 18.5 Å². The Morgan fingerprint density at radius 3 is 2.73 bits per heavy atom. The first-order chi connectivity index (χ1) is 6.97. The monoisotopic (exact) mass is 230 g/mol. The highest BCUT2D eigenvalue weighted by molar-refractivity contribution is 7.88. The lowest BCUT2D eigenvalue weighted by Crippen LogP contribution is -2.27. The predicted molar refractivity (Wildman–Crippen MR) is 60.0 cm³/mol. The van der Waals surface area contributed by atoms with Gasteiger partial charge in [-0.15, -0.1) is 0 Å². The highest BCUT2D eigenvalue weighted by Crippen LogP contribution is 2.08. The van der Waals surface area contributed by atoms with E-state index in [1.807, 2.05) is 0 Å². The molecule has 0 spiro atoms. The minimum Gasteiger partial charge on any atom is -0.397 e. The maximum Gasteiger partial charge on any atom is 0.208 e. The zero-order chi connectivity index (χ0) is 11.3. The van der Waals surface area contributed by atoms with E-state index in [4.69, 9.17) is 5.73 Å². The van der Waals surface area contributed by atoms with E-state index in [1.54, 1.807) is 18.5 Å². The van der Waals surface area contributed by atoms with Crippen molar-refractivity contribution < 1.29 is 8.42 Å². The van der Waals surface area contributed by atoms with Gasteiger partial charge < -0.3 is 11.1 Å². The standard InChI is InChI=1S/C8H14N4O2S/c1-15(13,14)12-3-2-11-8-4-7(9)5-10-6-8/h4-6,11-12H,2-3,9H2,1H3. The van der Waals surface area contributed by atoms with Gasteiger partial charge in [0.1, 0.15) is 0 Å². The molecule has 15 heavy (non-hydrogen) atoms. The molecule has 4 N–H and O–H groups in total. The Kier molecular flexibility index (Phi) is 3.87. The molecule has 0 unspecified atom stereocenters. The van der Waals surface area contributed by atoms with E-state index in [0.717, 1.165) is 11.9 Å². The number of nitrogens with one attached hydrogen (secondary N) is 2. The second kappa shape index (κ2) is 4.94. The Bertz CT molecular complexity index is 418. The number of aromatic nitrogens is 1. The molecule has 0 saturated heterocycles. The summed E-state index contributed by atoms with van der Waals surface area (Å²) in [5, 5.41) is 2.99. The molecule has 1 aromatic heterocycles. The van der Waals surface area contributed by atoms with E-state index in [9.17, 15) is 8.42 Å². The first-order valence-corrected chi connectivity index (χ1v) is 6.25. The number of nitrogens with zero attached hydrogens (tertiary/aromatic N) is 1. The third-order valence-corrected chi connectivity index (χ3v) is 2.31. The van der Waals surface area contributed by atoms with Crippen molar-refractivity contribution in [1.82, 2.24) is 9.71 Å². The fourth-order valence-corrected chi connectivity index (χ4v) is 1.47. The van der Waals surface area contributed by atoms with Crippen LogP contribution < -0.4 is 15.8 Å². The lowest BCUT2D eigenvalue weighted by molar-refractivity contribution is 0.589. The molecule has 0 atom stereocenters. The number of hydrogen-bond donors (Lipinski definition) is 3. The molecule has 84 valence electrons. The van der Waals surface area contributed by atoms with Crippen LogP contribution in [-0.4, -0.2) is 32.7 Å². The van der Waals surface area contributed by atoms with Gasteiger partial charge in [-0.1, -0.05) is 0 Å². The molecule has 0 aliphatic rings. The summed E-state index contributed by atoms with van der Waals surface area (Å²) in [7, 11) is -3.12. The van der Waals surface area contributed by atoms with Gasteiger partial charge in [-0.2, -0.15) is 0 Å². The van der Waals surface area contributed by atoms with Gasteiger partial charge in [0.25, 0.3) is 0 Å². The van der Waals surface area contributed by atoms with Crippen LogP contribution in [0.3, 0.4) is 0 Å². The first-order valence-electron chi connectivity index (χ1n) is 4.36. The van der Waals surface area contributed by atoms with Crippen molar-refractivity contribution in [3.8, 4) is 0 Å². The highest BCUT2D eigenvalue weighted by Gasteiger charge is 1.98. The van der Waals surface area contributed by atoms with Crippen LogP contribution in [-0.2, 0) is 10.0 Å². The maximum absolute atomic E-state index is 10.7. The Hall–Kier alpha value is -1.34. The number of rotatable bonds is 5. The molecule has 7 heteroatoms. The summed E-state index contributed by atoms with van der Waals surface area (Å²) < 4.78 is 23.8. The van der Waals surface area contributed by atoms with E-state index in [0.29, 0.717) is 18.8 Å². The second-order valence-electron chi connectivity index (χ2n) is 3.10. The molecule has 0 aliphatic heterocycles. The minimum atomic E-state index is -3.12. The van der Waals surface area contributed by atoms with Crippen molar-refractivity contribution in [1.29, 1.82) is 0 Å². The van der Waals surface area contributed by atoms with Crippen LogP contribution in [0, 0.1) is 0 Å². The molecule has 0 bridgehead atoms. The fourth-order valence-electron chi connectivity index (χ4n) is 0.998. The van der Waals surface area contributed by atoms with Gasteiger partial charge in [-0.25, -0.2) is 13.1 Å². The molecule has 0 fully saturated rings. The largest absolute Gasteiger partial charge is 0.397 e. The Balaban J connectivity index is 2.32. The van der Waals surface area contributed by atoms with Crippen molar-refractivity contribution in [2.75, 3.05) is 30.4 Å². The van der Waals surface area contributed by atoms with Crippen LogP contribution in [0.1, 0.15) is 0 Å². The summed E-state index contributed by atoms with van der Waals surface area (Å²) in [5.41, 5.74) is 6.85. The number of anilines is 2. The Morgan fingerprint density at radius 2 is 2.13 bits per heavy atom. The number of pyridine rings is 1.